The topological polar surface area (TPSA) is 38.9 Å². The number of thiophene rings is 1. The van der Waals surface area contributed by atoms with Gasteiger partial charge in [0.2, 0.25) is 0 Å². The van der Waals surface area contributed by atoms with Crippen LogP contribution >= 0.6 is 11.3 Å². The fourth-order valence-corrected chi connectivity index (χ4v) is 7.30. The van der Waals surface area contributed by atoms with Crippen LogP contribution in [0.1, 0.15) is 0 Å². The molecule has 46 heavy (non-hydrogen) atoms. The molecule has 0 spiro atoms. The summed E-state index contributed by atoms with van der Waals surface area (Å²) in [6.45, 7) is 0. The van der Waals surface area contributed by atoms with Crippen molar-refractivity contribution < 1.29 is 4.42 Å². The second-order valence-electron chi connectivity index (χ2n) is 11.4. The van der Waals surface area contributed by atoms with Gasteiger partial charge in [0.1, 0.15) is 11.3 Å². The van der Waals surface area contributed by atoms with E-state index in [0.29, 0.717) is 5.82 Å². The first-order valence-corrected chi connectivity index (χ1v) is 16.1. The molecular weight excluding hydrogens is 581 g/mol. The maximum absolute atomic E-state index is 6.13. The van der Waals surface area contributed by atoms with Crippen LogP contribution in [-0.2, 0) is 0 Å². The van der Waals surface area contributed by atoms with Crippen molar-refractivity contribution in [2.45, 2.75) is 0 Å². The van der Waals surface area contributed by atoms with Gasteiger partial charge in [0, 0.05) is 47.8 Å². The normalized spacial score (nSPS) is 11.5. The molecule has 9 aromatic rings. The third kappa shape index (κ3) is 4.76. The lowest BCUT2D eigenvalue weighted by Gasteiger charge is -2.11. The van der Waals surface area contributed by atoms with Crippen LogP contribution in [0.2, 0.25) is 0 Å². The van der Waals surface area contributed by atoms with Crippen molar-refractivity contribution in [2.24, 2.45) is 0 Å². The monoisotopic (exact) mass is 606 g/mol. The number of aromatic nitrogens is 2. The van der Waals surface area contributed by atoms with E-state index >= 15 is 0 Å². The Balaban J connectivity index is 1.17. The quantitative estimate of drug-likeness (QED) is 0.196. The van der Waals surface area contributed by atoms with E-state index < -0.39 is 0 Å². The van der Waals surface area contributed by atoms with Crippen LogP contribution in [0, 0.1) is 0 Å². The number of nitrogens with zero attached hydrogens (tertiary/aromatic N) is 2. The summed E-state index contributed by atoms with van der Waals surface area (Å²) in [5.74, 6) is 1.56. The molecule has 6 aromatic carbocycles. The van der Waals surface area contributed by atoms with Crippen LogP contribution in [0.5, 0.6) is 0 Å². The molecule has 0 fully saturated rings. The minimum Gasteiger partial charge on any atom is -0.456 e. The number of hydrogen-bond donors (Lipinski definition) is 0. The Bertz CT molecular complexity index is 2490. The molecule has 0 atom stereocenters. The third-order valence-electron chi connectivity index (χ3n) is 8.52. The number of fused-ring (bicyclic) bond motifs is 4. The molecule has 3 aromatic heterocycles. The van der Waals surface area contributed by atoms with Gasteiger partial charge in [0.15, 0.2) is 5.82 Å². The summed E-state index contributed by atoms with van der Waals surface area (Å²) in [7, 11) is 0. The summed E-state index contributed by atoms with van der Waals surface area (Å²) in [5.41, 5.74) is 9.07. The fourth-order valence-electron chi connectivity index (χ4n) is 6.16. The van der Waals surface area contributed by atoms with E-state index in [-0.39, 0.29) is 0 Å². The molecule has 0 amide bonds. The van der Waals surface area contributed by atoms with E-state index in [1.807, 2.05) is 35.6 Å². The van der Waals surface area contributed by atoms with Crippen LogP contribution < -0.4 is 0 Å². The van der Waals surface area contributed by atoms with E-state index in [1.165, 1.54) is 25.7 Å². The summed E-state index contributed by atoms with van der Waals surface area (Å²) >= 11 is 1.81. The number of benzene rings is 6. The lowest BCUT2D eigenvalue weighted by Crippen LogP contribution is -1.96. The van der Waals surface area contributed by atoms with Gasteiger partial charge in [-0.2, -0.15) is 0 Å². The molecule has 0 aliphatic heterocycles. The summed E-state index contributed by atoms with van der Waals surface area (Å²) in [6, 6.07) is 55.0. The second kappa shape index (κ2) is 11.0. The van der Waals surface area contributed by atoms with Gasteiger partial charge in [-0.1, -0.05) is 121 Å². The van der Waals surface area contributed by atoms with Gasteiger partial charge < -0.3 is 4.42 Å². The van der Waals surface area contributed by atoms with E-state index in [2.05, 4.69) is 133 Å². The van der Waals surface area contributed by atoms with E-state index in [4.69, 9.17) is 14.4 Å². The predicted molar refractivity (Wildman–Crippen MR) is 192 cm³/mol. The standard InChI is InChI=1S/C42H26N2OS/c1-2-9-27(10-3-1)30-12-8-13-31(23-30)37-26-36(28-17-19-29(20-18-28)39-24-32-11-4-6-15-38(32)45-39)43-42(44-37)33-21-22-35-34-14-5-7-16-40(34)46-41(35)25-33/h1-26H. The average molecular weight is 607 g/mol. The number of furan rings is 1. The van der Waals surface area contributed by atoms with Crippen LogP contribution in [0.15, 0.2) is 162 Å². The fraction of sp³-hybridized carbons (Fsp3) is 0. The molecular formula is C42H26N2OS. The number of rotatable bonds is 5. The molecule has 0 N–H and O–H groups in total. The van der Waals surface area contributed by atoms with Gasteiger partial charge in [-0.15, -0.1) is 11.3 Å². The molecule has 0 saturated carbocycles. The lowest BCUT2D eigenvalue weighted by molar-refractivity contribution is 0.631. The largest absolute Gasteiger partial charge is 0.456 e. The van der Waals surface area contributed by atoms with E-state index in [9.17, 15) is 0 Å². The zero-order valence-electron chi connectivity index (χ0n) is 24.7. The van der Waals surface area contributed by atoms with Crippen molar-refractivity contribution in [2.75, 3.05) is 0 Å². The molecule has 0 saturated heterocycles. The van der Waals surface area contributed by atoms with Gasteiger partial charge >= 0.3 is 0 Å². The highest BCUT2D eigenvalue weighted by Gasteiger charge is 2.14. The Labute approximate surface area is 270 Å². The first kappa shape index (κ1) is 26.6. The Kier molecular flexibility index (Phi) is 6.32. The van der Waals surface area contributed by atoms with Crippen molar-refractivity contribution in [1.82, 2.24) is 9.97 Å². The highest BCUT2D eigenvalue weighted by molar-refractivity contribution is 7.25. The predicted octanol–water partition coefficient (Wildman–Crippen LogP) is 11.9. The maximum Gasteiger partial charge on any atom is 0.160 e. The highest BCUT2D eigenvalue weighted by Crippen LogP contribution is 2.37. The second-order valence-corrected chi connectivity index (χ2v) is 12.5. The minimum absolute atomic E-state index is 0.707. The Hall–Kier alpha value is -5.84. The number of para-hydroxylation sites is 1. The molecule has 3 nitrogen and oxygen atoms in total. The van der Waals surface area contributed by atoms with Crippen molar-refractivity contribution in [3.63, 3.8) is 0 Å². The van der Waals surface area contributed by atoms with Crippen molar-refractivity contribution in [1.29, 1.82) is 0 Å². The average Bonchev–Trinajstić information content (AvgIpc) is 3.73. The van der Waals surface area contributed by atoms with E-state index in [0.717, 1.165) is 55.9 Å². The van der Waals surface area contributed by atoms with Crippen molar-refractivity contribution in [3.05, 3.63) is 158 Å². The van der Waals surface area contributed by atoms with Crippen LogP contribution in [0.3, 0.4) is 0 Å². The van der Waals surface area contributed by atoms with Crippen molar-refractivity contribution in [3.8, 4) is 56.4 Å². The molecule has 4 heteroatoms. The Morgan fingerprint density at radius 1 is 0.413 bits per heavy atom. The summed E-state index contributed by atoms with van der Waals surface area (Å²) < 4.78 is 8.65. The first-order chi connectivity index (χ1) is 22.7. The molecule has 0 aliphatic carbocycles. The molecule has 216 valence electrons. The van der Waals surface area contributed by atoms with Gasteiger partial charge in [0.25, 0.3) is 0 Å². The molecule has 0 aliphatic rings. The van der Waals surface area contributed by atoms with Crippen molar-refractivity contribution >= 4 is 42.5 Å². The molecule has 0 radical (unpaired) electrons. The highest BCUT2D eigenvalue weighted by atomic mass is 32.1. The smallest absolute Gasteiger partial charge is 0.160 e. The van der Waals surface area contributed by atoms with Crippen LogP contribution in [-0.4, -0.2) is 9.97 Å². The van der Waals surface area contributed by atoms with Gasteiger partial charge in [-0.25, -0.2) is 9.97 Å². The molecule has 9 rings (SSSR count). The SMILES string of the molecule is c1ccc(-c2cccc(-c3cc(-c4ccc(-c5cc6ccccc6o5)cc4)nc(-c4ccc5c(c4)sc4ccccc45)n3)c2)cc1. The minimum atomic E-state index is 0.707. The lowest BCUT2D eigenvalue weighted by atomic mass is 10.00. The molecule has 3 heterocycles. The third-order valence-corrected chi connectivity index (χ3v) is 9.65. The summed E-state index contributed by atoms with van der Waals surface area (Å²) in [4.78, 5) is 10.3. The number of hydrogen-bond acceptors (Lipinski definition) is 4. The van der Waals surface area contributed by atoms with Gasteiger partial charge in [-0.05, 0) is 47.5 Å². The Morgan fingerprint density at radius 3 is 1.96 bits per heavy atom. The van der Waals surface area contributed by atoms with Crippen LogP contribution in [0.4, 0.5) is 0 Å². The molecule has 0 bridgehead atoms. The molecule has 0 unspecified atom stereocenters. The summed E-state index contributed by atoms with van der Waals surface area (Å²) in [5, 5.41) is 3.64. The maximum atomic E-state index is 6.13. The van der Waals surface area contributed by atoms with Gasteiger partial charge in [-0.3, -0.25) is 0 Å². The first-order valence-electron chi connectivity index (χ1n) is 15.3. The van der Waals surface area contributed by atoms with E-state index in [1.54, 1.807) is 0 Å². The van der Waals surface area contributed by atoms with Crippen LogP contribution in [0.25, 0.3) is 87.5 Å². The summed E-state index contributed by atoms with van der Waals surface area (Å²) in [6.07, 6.45) is 0. The zero-order valence-corrected chi connectivity index (χ0v) is 25.5. The Morgan fingerprint density at radius 2 is 1.09 bits per heavy atom. The van der Waals surface area contributed by atoms with Gasteiger partial charge in [0.05, 0.1) is 11.4 Å². The zero-order chi connectivity index (χ0) is 30.5.